The van der Waals surface area contributed by atoms with Crippen LogP contribution in [-0.4, -0.2) is 10.2 Å². The van der Waals surface area contributed by atoms with E-state index in [1.165, 1.54) is 35.1 Å². The van der Waals surface area contributed by atoms with Gasteiger partial charge in [0.15, 0.2) is 0 Å². The van der Waals surface area contributed by atoms with Gasteiger partial charge in [0.2, 0.25) is 0 Å². The van der Waals surface area contributed by atoms with E-state index in [1.807, 2.05) is 0 Å². The lowest BCUT2D eigenvalue weighted by atomic mass is 9.58. The fraction of sp³-hybridized carbons (Fsp3) is 0.481. The summed E-state index contributed by atoms with van der Waals surface area (Å²) in [6.45, 7) is 16.4. The molecule has 0 heterocycles. The molecular weight excluding hydrogens is 352 g/mol. The summed E-state index contributed by atoms with van der Waals surface area (Å²) in [5.74, 6) is 0.667. The van der Waals surface area contributed by atoms with Crippen molar-refractivity contribution in [3.05, 3.63) is 81.1 Å². The van der Waals surface area contributed by atoms with Crippen molar-refractivity contribution >= 4 is 10.2 Å². The highest BCUT2D eigenvalue weighted by molar-refractivity contribution is 6.25. The number of aryl methyl sites for hydroxylation is 2. The Hall–Kier alpha value is -1.60. The molecule has 3 atom stereocenters. The van der Waals surface area contributed by atoms with Crippen molar-refractivity contribution in [1.29, 1.82) is 0 Å². The van der Waals surface area contributed by atoms with Gasteiger partial charge >= 0.3 is 0 Å². The molecule has 0 nitrogen and oxygen atoms in total. The monoisotopic (exact) mass is 390 g/mol. The van der Waals surface area contributed by atoms with E-state index in [0.717, 1.165) is 16.7 Å². The Balaban J connectivity index is 2.27. The molecule has 150 valence electrons. The molecule has 0 saturated heterocycles. The SMILES string of the molecule is CCC(C)C1(CC2(c3cc(C)cc(C)c3)C(C)=C(C)C(C)=C2[SiH3])C=CC=CC1. The highest BCUT2D eigenvalue weighted by Gasteiger charge is 2.48. The molecule has 28 heavy (non-hydrogen) atoms. The molecule has 1 heteroatoms. The second-order valence-electron chi connectivity index (χ2n) is 9.49. The molecule has 0 bridgehead atoms. The maximum absolute atomic E-state index is 2.54. The highest BCUT2D eigenvalue weighted by Crippen LogP contribution is 2.57. The minimum atomic E-state index is 0.0656. The van der Waals surface area contributed by atoms with Crippen LogP contribution >= 0.6 is 0 Å². The Kier molecular flexibility index (Phi) is 5.78. The van der Waals surface area contributed by atoms with E-state index in [0.29, 0.717) is 5.92 Å². The van der Waals surface area contributed by atoms with Crippen LogP contribution in [-0.2, 0) is 5.41 Å². The molecule has 0 radical (unpaired) electrons. The average Bonchev–Trinajstić information content (AvgIpc) is 2.83. The quantitative estimate of drug-likeness (QED) is 0.505. The fourth-order valence-electron chi connectivity index (χ4n) is 5.76. The van der Waals surface area contributed by atoms with Crippen LogP contribution in [0.15, 0.2) is 64.4 Å². The molecule has 2 aliphatic rings. The average molecular weight is 391 g/mol. The first-order valence-corrected chi connectivity index (χ1v) is 12.0. The van der Waals surface area contributed by atoms with Crippen molar-refractivity contribution in [2.45, 2.75) is 73.1 Å². The molecule has 0 spiro atoms. The van der Waals surface area contributed by atoms with E-state index in [9.17, 15) is 0 Å². The number of rotatable bonds is 5. The van der Waals surface area contributed by atoms with E-state index in [2.05, 4.69) is 91.0 Å². The molecule has 1 aromatic carbocycles. The van der Waals surface area contributed by atoms with Gasteiger partial charge in [-0.3, -0.25) is 0 Å². The van der Waals surface area contributed by atoms with E-state index in [4.69, 9.17) is 0 Å². The lowest BCUT2D eigenvalue weighted by Crippen LogP contribution is -2.40. The zero-order chi connectivity index (χ0) is 20.7. The summed E-state index contributed by atoms with van der Waals surface area (Å²) < 4.78 is 0. The number of benzene rings is 1. The normalized spacial score (nSPS) is 28.5. The molecule has 0 aliphatic heterocycles. The predicted molar refractivity (Wildman–Crippen MR) is 128 cm³/mol. The van der Waals surface area contributed by atoms with E-state index in [-0.39, 0.29) is 10.8 Å². The predicted octanol–water partition coefficient (Wildman–Crippen LogP) is 6.47. The van der Waals surface area contributed by atoms with Crippen LogP contribution in [0.3, 0.4) is 0 Å². The minimum Gasteiger partial charge on any atom is -0.0837 e. The first-order valence-electron chi connectivity index (χ1n) is 11.0. The molecular formula is C27H38Si. The third kappa shape index (κ3) is 3.22. The third-order valence-corrected chi connectivity index (χ3v) is 9.65. The van der Waals surface area contributed by atoms with Gasteiger partial charge in [0.1, 0.15) is 0 Å². The van der Waals surface area contributed by atoms with Crippen LogP contribution in [0.25, 0.3) is 0 Å². The van der Waals surface area contributed by atoms with Crippen molar-refractivity contribution in [2.24, 2.45) is 11.3 Å². The molecule has 0 fully saturated rings. The Morgan fingerprint density at radius 2 is 1.61 bits per heavy atom. The van der Waals surface area contributed by atoms with E-state index < -0.39 is 0 Å². The van der Waals surface area contributed by atoms with Crippen molar-refractivity contribution in [1.82, 2.24) is 0 Å². The standard InChI is InChI=1S/C27H38Si/c1-8-20(4)26(12-10-9-11-13-26)17-27(23(7)21(5)22(6)25(27)28)24-15-18(2)14-19(3)16-24/h9-12,14-16,20H,8,13,17H2,1-7,28H3. The van der Waals surface area contributed by atoms with Gasteiger partial charge in [0, 0.05) is 15.7 Å². The summed E-state index contributed by atoms with van der Waals surface area (Å²) >= 11 is 0. The number of hydrogen-bond acceptors (Lipinski definition) is 0. The second kappa shape index (κ2) is 7.67. The maximum Gasteiger partial charge on any atom is 0.0352 e. The van der Waals surface area contributed by atoms with Crippen LogP contribution in [0.1, 0.15) is 70.6 Å². The molecule has 0 amide bonds. The first kappa shape index (κ1) is 21.1. The Bertz CT molecular complexity index is 849. The van der Waals surface area contributed by atoms with E-state index >= 15 is 0 Å². The molecule has 1 aromatic rings. The van der Waals surface area contributed by atoms with Crippen molar-refractivity contribution in [3.63, 3.8) is 0 Å². The highest BCUT2D eigenvalue weighted by atomic mass is 28.1. The van der Waals surface area contributed by atoms with Crippen LogP contribution in [0.4, 0.5) is 0 Å². The summed E-state index contributed by atoms with van der Waals surface area (Å²) in [7, 11) is 1.11. The maximum atomic E-state index is 2.54. The molecule has 0 saturated carbocycles. The molecule has 3 rings (SSSR count). The molecule has 0 N–H and O–H groups in total. The zero-order valence-electron chi connectivity index (χ0n) is 19.2. The number of hydrogen-bond donors (Lipinski definition) is 0. The fourth-order valence-corrected chi connectivity index (χ4v) is 6.97. The molecule has 0 aromatic heterocycles. The van der Waals surface area contributed by atoms with Gasteiger partial charge in [0.25, 0.3) is 0 Å². The summed E-state index contributed by atoms with van der Waals surface area (Å²) in [5.41, 5.74) is 9.25. The summed E-state index contributed by atoms with van der Waals surface area (Å²) in [6, 6.07) is 7.25. The van der Waals surface area contributed by atoms with Gasteiger partial charge in [-0.05, 0) is 69.9 Å². The zero-order valence-corrected chi connectivity index (χ0v) is 21.2. The topological polar surface area (TPSA) is 0 Å². The summed E-state index contributed by atoms with van der Waals surface area (Å²) in [4.78, 5) is 0. The van der Waals surface area contributed by atoms with Crippen molar-refractivity contribution < 1.29 is 0 Å². The van der Waals surface area contributed by atoms with Crippen LogP contribution in [0.2, 0.25) is 0 Å². The third-order valence-electron chi connectivity index (χ3n) is 8.04. The van der Waals surface area contributed by atoms with Gasteiger partial charge in [-0.2, -0.15) is 0 Å². The van der Waals surface area contributed by atoms with E-state index in [1.54, 1.807) is 16.3 Å². The lowest BCUT2D eigenvalue weighted by molar-refractivity contribution is 0.192. The lowest BCUT2D eigenvalue weighted by Gasteiger charge is -2.47. The van der Waals surface area contributed by atoms with Crippen LogP contribution < -0.4 is 0 Å². The Morgan fingerprint density at radius 3 is 2.07 bits per heavy atom. The van der Waals surface area contributed by atoms with Crippen LogP contribution in [0, 0.1) is 25.2 Å². The number of allylic oxidation sites excluding steroid dienone is 8. The summed E-state index contributed by atoms with van der Waals surface area (Å²) in [5, 5.41) is 1.69. The van der Waals surface area contributed by atoms with Crippen LogP contribution in [0.5, 0.6) is 0 Å². The van der Waals surface area contributed by atoms with Gasteiger partial charge in [-0.15, -0.1) is 0 Å². The smallest absolute Gasteiger partial charge is 0.0352 e. The van der Waals surface area contributed by atoms with Gasteiger partial charge < -0.3 is 0 Å². The minimum absolute atomic E-state index is 0.0656. The van der Waals surface area contributed by atoms with Gasteiger partial charge in [-0.1, -0.05) is 90.2 Å². The Morgan fingerprint density at radius 1 is 0.964 bits per heavy atom. The van der Waals surface area contributed by atoms with Gasteiger partial charge in [0.05, 0.1) is 0 Å². The summed E-state index contributed by atoms with van der Waals surface area (Å²) in [6.07, 6.45) is 13.0. The van der Waals surface area contributed by atoms with Gasteiger partial charge in [-0.25, -0.2) is 0 Å². The van der Waals surface area contributed by atoms with Crippen molar-refractivity contribution in [2.75, 3.05) is 0 Å². The second-order valence-corrected chi connectivity index (χ2v) is 10.5. The molecule has 2 aliphatic carbocycles. The van der Waals surface area contributed by atoms with Crippen molar-refractivity contribution in [3.8, 4) is 0 Å². The Labute approximate surface area is 175 Å². The molecule has 3 unspecified atom stereocenters. The first-order chi connectivity index (χ1) is 13.2. The largest absolute Gasteiger partial charge is 0.0837 e.